The Kier molecular flexibility index (Phi) is 2.50. The van der Waals surface area contributed by atoms with Gasteiger partial charge in [-0.2, -0.15) is 0 Å². The lowest BCUT2D eigenvalue weighted by atomic mass is 10.1. The van der Waals surface area contributed by atoms with Gasteiger partial charge in [0.25, 0.3) is 0 Å². The minimum atomic E-state index is 0.672. The molecule has 0 saturated carbocycles. The quantitative estimate of drug-likeness (QED) is 0.575. The van der Waals surface area contributed by atoms with Crippen LogP contribution in [0.5, 0.6) is 0 Å². The van der Waals surface area contributed by atoms with E-state index in [1.54, 1.807) is 0 Å². The van der Waals surface area contributed by atoms with Crippen LogP contribution in [0, 0.1) is 13.8 Å². The monoisotopic (exact) mass is 221 g/mol. The summed E-state index contributed by atoms with van der Waals surface area (Å²) in [5.41, 5.74) is 5.66. The number of pyridine rings is 1. The van der Waals surface area contributed by atoms with Gasteiger partial charge in [0.05, 0.1) is 5.52 Å². The average Bonchev–Trinajstić information content (AvgIpc) is 2.19. The lowest BCUT2D eigenvalue weighted by Gasteiger charge is -2.08. The van der Waals surface area contributed by atoms with E-state index < -0.39 is 0 Å². The van der Waals surface area contributed by atoms with E-state index >= 15 is 0 Å². The first-order valence-electron chi connectivity index (χ1n) is 4.66. The second kappa shape index (κ2) is 3.68. The lowest BCUT2D eigenvalue weighted by Crippen LogP contribution is -2.09. The summed E-state index contributed by atoms with van der Waals surface area (Å²) in [6.45, 7) is 4.00. The van der Waals surface area contributed by atoms with Crippen LogP contribution in [-0.4, -0.2) is 4.98 Å². The molecule has 0 aliphatic heterocycles. The van der Waals surface area contributed by atoms with E-state index in [9.17, 15) is 0 Å². The maximum Gasteiger partial charge on any atom is 0.140 e. The summed E-state index contributed by atoms with van der Waals surface area (Å²) in [6.07, 6.45) is 0. The molecule has 1 aromatic carbocycles. The summed E-state index contributed by atoms with van der Waals surface area (Å²) in [6, 6.07) is 5.72. The standard InChI is InChI=1S/C11H12ClN3/c1-6-4-10(15-13)14-11-7(2)3-8(12)5-9(6)11/h3-5H,13H2,1-2H3,(H,14,15). The maximum absolute atomic E-state index is 6.00. The second-order valence-corrected chi connectivity index (χ2v) is 4.02. The molecule has 0 spiro atoms. The highest BCUT2D eigenvalue weighted by atomic mass is 35.5. The van der Waals surface area contributed by atoms with E-state index in [-0.39, 0.29) is 0 Å². The number of hydrazine groups is 1. The number of aryl methyl sites for hydroxylation is 2. The number of halogens is 1. The molecule has 0 unspecified atom stereocenters. The van der Waals surface area contributed by atoms with Crippen LogP contribution in [0.4, 0.5) is 5.82 Å². The molecule has 1 heterocycles. The Balaban J connectivity index is 2.85. The molecule has 0 aliphatic rings. The van der Waals surface area contributed by atoms with Crippen LogP contribution in [0.25, 0.3) is 10.9 Å². The van der Waals surface area contributed by atoms with Crippen molar-refractivity contribution in [3.63, 3.8) is 0 Å². The number of fused-ring (bicyclic) bond motifs is 1. The van der Waals surface area contributed by atoms with E-state index in [0.717, 1.165) is 27.1 Å². The maximum atomic E-state index is 6.00. The zero-order valence-corrected chi connectivity index (χ0v) is 9.39. The van der Waals surface area contributed by atoms with E-state index in [1.807, 2.05) is 32.0 Å². The number of rotatable bonds is 1. The van der Waals surface area contributed by atoms with Gasteiger partial charge in [0.1, 0.15) is 5.82 Å². The van der Waals surface area contributed by atoms with Crippen LogP contribution in [0.15, 0.2) is 18.2 Å². The van der Waals surface area contributed by atoms with Crippen molar-refractivity contribution in [2.45, 2.75) is 13.8 Å². The van der Waals surface area contributed by atoms with Crippen LogP contribution in [0.1, 0.15) is 11.1 Å². The molecule has 2 rings (SSSR count). The Morgan fingerprint density at radius 3 is 2.60 bits per heavy atom. The molecule has 0 radical (unpaired) electrons. The molecule has 1 aromatic heterocycles. The fraction of sp³-hybridized carbons (Fsp3) is 0.182. The summed E-state index contributed by atoms with van der Waals surface area (Å²) in [4.78, 5) is 4.40. The Hall–Kier alpha value is -1.32. The number of nitrogens with one attached hydrogen (secondary N) is 1. The number of nitrogens with two attached hydrogens (primary N) is 1. The molecule has 4 heteroatoms. The number of anilines is 1. The van der Waals surface area contributed by atoms with Crippen LogP contribution in [0.2, 0.25) is 5.02 Å². The Labute approximate surface area is 93.2 Å². The number of hydrogen-bond acceptors (Lipinski definition) is 3. The highest BCUT2D eigenvalue weighted by molar-refractivity contribution is 6.31. The third-order valence-corrected chi connectivity index (χ3v) is 2.64. The lowest BCUT2D eigenvalue weighted by molar-refractivity contribution is 1.24. The van der Waals surface area contributed by atoms with Crippen molar-refractivity contribution in [2.75, 3.05) is 5.43 Å². The van der Waals surface area contributed by atoms with Crippen LogP contribution in [0.3, 0.4) is 0 Å². The molecule has 0 fully saturated rings. The summed E-state index contributed by atoms with van der Waals surface area (Å²) in [5, 5.41) is 1.80. The third-order valence-electron chi connectivity index (χ3n) is 2.42. The van der Waals surface area contributed by atoms with E-state index in [0.29, 0.717) is 5.82 Å². The van der Waals surface area contributed by atoms with Crippen molar-refractivity contribution >= 4 is 28.3 Å². The molecule has 0 aliphatic carbocycles. The van der Waals surface area contributed by atoms with Crippen molar-refractivity contribution in [2.24, 2.45) is 5.84 Å². The fourth-order valence-corrected chi connectivity index (χ4v) is 1.97. The van der Waals surface area contributed by atoms with Gasteiger partial charge in [0.2, 0.25) is 0 Å². The summed E-state index contributed by atoms with van der Waals surface area (Å²) < 4.78 is 0. The highest BCUT2D eigenvalue weighted by Crippen LogP contribution is 2.26. The molecule has 0 saturated heterocycles. The van der Waals surface area contributed by atoms with Gasteiger partial charge in [-0.1, -0.05) is 11.6 Å². The van der Waals surface area contributed by atoms with Crippen molar-refractivity contribution < 1.29 is 0 Å². The Morgan fingerprint density at radius 1 is 1.20 bits per heavy atom. The van der Waals surface area contributed by atoms with E-state index in [1.165, 1.54) is 0 Å². The summed E-state index contributed by atoms with van der Waals surface area (Å²) in [7, 11) is 0. The van der Waals surface area contributed by atoms with Crippen LogP contribution in [-0.2, 0) is 0 Å². The summed E-state index contributed by atoms with van der Waals surface area (Å²) >= 11 is 6.00. The first kappa shape index (κ1) is 10.2. The first-order chi connectivity index (χ1) is 7.11. The number of nitrogens with zero attached hydrogens (tertiary/aromatic N) is 1. The predicted molar refractivity (Wildman–Crippen MR) is 64.0 cm³/mol. The molecule has 0 bridgehead atoms. The minimum absolute atomic E-state index is 0.672. The normalized spacial score (nSPS) is 10.7. The van der Waals surface area contributed by atoms with Gasteiger partial charge in [-0.25, -0.2) is 10.8 Å². The highest BCUT2D eigenvalue weighted by Gasteiger charge is 2.05. The number of aromatic nitrogens is 1. The van der Waals surface area contributed by atoms with E-state index in [2.05, 4.69) is 10.4 Å². The van der Waals surface area contributed by atoms with Crippen LogP contribution < -0.4 is 11.3 Å². The molecule has 0 amide bonds. The van der Waals surface area contributed by atoms with Crippen molar-refractivity contribution in [1.82, 2.24) is 4.98 Å². The van der Waals surface area contributed by atoms with Gasteiger partial charge in [-0.15, -0.1) is 0 Å². The van der Waals surface area contributed by atoms with Gasteiger partial charge in [0, 0.05) is 10.4 Å². The van der Waals surface area contributed by atoms with Crippen LogP contribution >= 0.6 is 11.6 Å². The van der Waals surface area contributed by atoms with E-state index in [4.69, 9.17) is 17.4 Å². The average molecular weight is 222 g/mol. The molecule has 15 heavy (non-hydrogen) atoms. The molecule has 0 atom stereocenters. The number of benzene rings is 1. The van der Waals surface area contributed by atoms with Gasteiger partial charge >= 0.3 is 0 Å². The fourth-order valence-electron chi connectivity index (χ4n) is 1.69. The first-order valence-corrected chi connectivity index (χ1v) is 5.03. The molecular weight excluding hydrogens is 210 g/mol. The van der Waals surface area contributed by atoms with Crippen molar-refractivity contribution in [3.8, 4) is 0 Å². The van der Waals surface area contributed by atoms with Gasteiger partial charge in [-0.3, -0.25) is 0 Å². The number of hydrogen-bond donors (Lipinski definition) is 2. The molecular formula is C11H12ClN3. The van der Waals surface area contributed by atoms with Gasteiger partial charge in [-0.05, 0) is 43.2 Å². The van der Waals surface area contributed by atoms with Gasteiger partial charge < -0.3 is 5.43 Å². The zero-order chi connectivity index (χ0) is 11.0. The predicted octanol–water partition coefficient (Wildman–Crippen LogP) is 2.79. The molecule has 3 nitrogen and oxygen atoms in total. The van der Waals surface area contributed by atoms with Crippen molar-refractivity contribution in [3.05, 3.63) is 34.3 Å². The molecule has 3 N–H and O–H groups in total. The molecule has 2 aromatic rings. The zero-order valence-electron chi connectivity index (χ0n) is 8.63. The Bertz CT molecular complexity index is 523. The topological polar surface area (TPSA) is 50.9 Å². The smallest absolute Gasteiger partial charge is 0.140 e. The largest absolute Gasteiger partial charge is 0.308 e. The SMILES string of the molecule is Cc1cc(NN)nc2c(C)cc(Cl)cc12. The van der Waals surface area contributed by atoms with Crippen molar-refractivity contribution in [1.29, 1.82) is 0 Å². The molecule has 78 valence electrons. The number of nitrogen functional groups attached to an aromatic ring is 1. The summed E-state index contributed by atoms with van der Waals surface area (Å²) in [5.74, 6) is 6.02. The Morgan fingerprint density at radius 2 is 1.93 bits per heavy atom. The minimum Gasteiger partial charge on any atom is -0.308 e. The van der Waals surface area contributed by atoms with Gasteiger partial charge in [0.15, 0.2) is 0 Å². The third kappa shape index (κ3) is 1.76. The second-order valence-electron chi connectivity index (χ2n) is 3.59.